The van der Waals surface area contributed by atoms with E-state index >= 15 is 0 Å². The molecule has 3 N–H and O–H groups in total. The van der Waals surface area contributed by atoms with Crippen molar-refractivity contribution in [1.82, 2.24) is 5.32 Å². The molecular weight excluding hydrogens is 482 g/mol. The van der Waals surface area contributed by atoms with Crippen LogP contribution >= 0.6 is 0 Å². The van der Waals surface area contributed by atoms with Crippen molar-refractivity contribution in [3.05, 3.63) is 48.6 Å². The maximum absolute atomic E-state index is 12.2. The van der Waals surface area contributed by atoms with E-state index in [1.165, 1.54) is 77.0 Å². The molecule has 39 heavy (non-hydrogen) atoms. The highest BCUT2D eigenvalue weighted by Crippen LogP contribution is 2.10. The minimum atomic E-state index is -0.865. The van der Waals surface area contributed by atoms with E-state index in [9.17, 15) is 15.0 Å². The van der Waals surface area contributed by atoms with Gasteiger partial charge >= 0.3 is 0 Å². The molecule has 2 atom stereocenters. The lowest BCUT2D eigenvalue weighted by atomic mass is 10.1. The van der Waals surface area contributed by atoms with Crippen LogP contribution in [0.15, 0.2) is 48.6 Å². The van der Waals surface area contributed by atoms with E-state index in [4.69, 9.17) is 0 Å². The van der Waals surface area contributed by atoms with E-state index in [0.717, 1.165) is 51.4 Å². The standard InChI is InChI=1S/C35H63NO3/c1-3-5-7-9-11-13-15-17-18-19-21-23-25-27-29-31-35(39)36-33(32-37)34(38)30-28-26-24-22-20-16-14-12-10-8-6-4-2/h11,13,17-18,20,22,28,30,33-34,37-38H,3-10,12,14-16,19,21,23-27,29,31-32H2,1-2H3,(H,36,39)/b13-11-,18-17-,22-20+,30-28+. The van der Waals surface area contributed by atoms with Crippen molar-refractivity contribution in [3.8, 4) is 0 Å². The number of allylic oxidation sites excluding steroid dienone is 7. The van der Waals surface area contributed by atoms with E-state index in [1.807, 2.05) is 6.08 Å². The second kappa shape index (κ2) is 30.9. The molecule has 0 bridgehead atoms. The molecule has 0 aliphatic rings. The fraction of sp³-hybridized carbons (Fsp3) is 0.743. The van der Waals surface area contributed by atoms with Crippen LogP contribution in [0.5, 0.6) is 0 Å². The van der Waals surface area contributed by atoms with E-state index in [-0.39, 0.29) is 12.5 Å². The molecule has 0 aliphatic carbocycles. The molecule has 0 aromatic rings. The Morgan fingerprint density at radius 3 is 1.69 bits per heavy atom. The maximum atomic E-state index is 12.2. The molecule has 1 amide bonds. The number of hydrogen-bond donors (Lipinski definition) is 3. The van der Waals surface area contributed by atoms with E-state index in [2.05, 4.69) is 55.6 Å². The first-order valence-corrected chi connectivity index (χ1v) is 16.4. The minimum absolute atomic E-state index is 0.0928. The molecule has 0 fully saturated rings. The summed E-state index contributed by atoms with van der Waals surface area (Å²) in [5.41, 5.74) is 0. The summed E-state index contributed by atoms with van der Waals surface area (Å²) in [6, 6.07) is -0.644. The molecule has 0 spiro atoms. The molecule has 0 aromatic carbocycles. The predicted octanol–water partition coefficient (Wildman–Crippen LogP) is 9.28. The first-order valence-electron chi connectivity index (χ1n) is 16.4. The van der Waals surface area contributed by atoms with Gasteiger partial charge in [-0.05, 0) is 64.2 Å². The van der Waals surface area contributed by atoms with Crippen LogP contribution in [0, 0.1) is 0 Å². The molecule has 4 heteroatoms. The summed E-state index contributed by atoms with van der Waals surface area (Å²) in [6.07, 6.45) is 40.4. The number of aliphatic hydroxyl groups is 2. The second-order valence-corrected chi connectivity index (χ2v) is 10.9. The Bertz CT molecular complexity index is 638. The fourth-order valence-corrected chi connectivity index (χ4v) is 4.46. The molecule has 0 rings (SSSR count). The summed E-state index contributed by atoms with van der Waals surface area (Å²) in [5.74, 6) is -0.0928. The maximum Gasteiger partial charge on any atom is 0.220 e. The van der Waals surface area contributed by atoms with E-state index < -0.39 is 12.1 Å². The Hall–Kier alpha value is -1.65. The Morgan fingerprint density at radius 1 is 0.615 bits per heavy atom. The van der Waals surface area contributed by atoms with Crippen molar-refractivity contribution in [1.29, 1.82) is 0 Å². The third-order valence-corrected chi connectivity index (χ3v) is 7.03. The van der Waals surface area contributed by atoms with E-state index in [0.29, 0.717) is 6.42 Å². The van der Waals surface area contributed by atoms with Gasteiger partial charge in [-0.3, -0.25) is 4.79 Å². The summed E-state index contributed by atoms with van der Waals surface area (Å²) in [6.45, 7) is 4.22. The summed E-state index contributed by atoms with van der Waals surface area (Å²) >= 11 is 0. The molecule has 0 saturated heterocycles. The normalized spacial score (nSPS) is 13.8. The number of hydrogen-bond acceptors (Lipinski definition) is 3. The number of rotatable bonds is 28. The number of nitrogens with one attached hydrogen (secondary N) is 1. The number of carbonyl (C=O) groups excluding carboxylic acids is 1. The van der Waals surface area contributed by atoms with Gasteiger partial charge in [-0.15, -0.1) is 0 Å². The molecule has 226 valence electrons. The third kappa shape index (κ3) is 27.7. The van der Waals surface area contributed by atoms with Crippen LogP contribution < -0.4 is 5.32 Å². The topological polar surface area (TPSA) is 69.6 Å². The number of aliphatic hydroxyl groups excluding tert-OH is 2. The van der Waals surface area contributed by atoms with Crippen molar-refractivity contribution < 1.29 is 15.0 Å². The van der Waals surface area contributed by atoms with Gasteiger partial charge in [0.25, 0.3) is 0 Å². The number of carbonyl (C=O) groups is 1. The molecule has 2 unspecified atom stereocenters. The molecule has 0 aliphatic heterocycles. The van der Waals surface area contributed by atoms with Crippen molar-refractivity contribution >= 4 is 5.91 Å². The van der Waals surface area contributed by atoms with Crippen LogP contribution in [0.4, 0.5) is 0 Å². The Morgan fingerprint density at radius 2 is 1.08 bits per heavy atom. The zero-order valence-corrected chi connectivity index (χ0v) is 25.6. The lowest BCUT2D eigenvalue weighted by Gasteiger charge is -2.19. The van der Waals surface area contributed by atoms with Gasteiger partial charge in [0.2, 0.25) is 5.91 Å². The predicted molar refractivity (Wildman–Crippen MR) is 170 cm³/mol. The summed E-state index contributed by atoms with van der Waals surface area (Å²) in [4.78, 5) is 12.2. The highest BCUT2D eigenvalue weighted by Gasteiger charge is 2.17. The molecule has 0 saturated carbocycles. The van der Waals surface area contributed by atoms with Gasteiger partial charge in [-0.2, -0.15) is 0 Å². The zero-order valence-electron chi connectivity index (χ0n) is 25.6. The minimum Gasteiger partial charge on any atom is -0.394 e. The highest BCUT2D eigenvalue weighted by molar-refractivity contribution is 5.76. The van der Waals surface area contributed by atoms with Gasteiger partial charge in [0.05, 0.1) is 18.8 Å². The lowest BCUT2D eigenvalue weighted by molar-refractivity contribution is -0.123. The largest absolute Gasteiger partial charge is 0.394 e. The SMILES string of the molecule is CCCCC/C=C\C/C=C\CCCCCCCC(=O)NC(CO)C(O)/C=C/CC/C=C/CCCCCCCC. The van der Waals surface area contributed by atoms with E-state index in [1.54, 1.807) is 6.08 Å². The summed E-state index contributed by atoms with van der Waals surface area (Å²) in [7, 11) is 0. The Balaban J connectivity index is 3.76. The number of amides is 1. The molecule has 4 nitrogen and oxygen atoms in total. The first-order chi connectivity index (χ1) is 19.2. The average Bonchev–Trinajstić information content (AvgIpc) is 2.94. The Kier molecular flexibility index (Phi) is 29.6. The third-order valence-electron chi connectivity index (χ3n) is 7.03. The quantitative estimate of drug-likeness (QED) is 0.0677. The monoisotopic (exact) mass is 545 g/mol. The molecule has 0 radical (unpaired) electrons. The van der Waals surface area contributed by atoms with Gasteiger partial charge in [-0.25, -0.2) is 0 Å². The molecule has 0 aromatic heterocycles. The van der Waals surface area contributed by atoms with Crippen molar-refractivity contribution in [2.45, 2.75) is 161 Å². The number of unbranched alkanes of at least 4 members (excludes halogenated alkanes) is 15. The van der Waals surface area contributed by atoms with Gasteiger partial charge in [0.1, 0.15) is 0 Å². The van der Waals surface area contributed by atoms with Crippen LogP contribution in [0.3, 0.4) is 0 Å². The van der Waals surface area contributed by atoms with Crippen LogP contribution in [-0.2, 0) is 4.79 Å². The van der Waals surface area contributed by atoms with Crippen molar-refractivity contribution in [2.75, 3.05) is 6.61 Å². The second-order valence-electron chi connectivity index (χ2n) is 10.9. The van der Waals surface area contributed by atoms with Gasteiger partial charge in [0.15, 0.2) is 0 Å². The van der Waals surface area contributed by atoms with Gasteiger partial charge in [-0.1, -0.05) is 127 Å². The van der Waals surface area contributed by atoms with Gasteiger partial charge in [0, 0.05) is 6.42 Å². The van der Waals surface area contributed by atoms with Gasteiger partial charge < -0.3 is 15.5 Å². The fourth-order valence-electron chi connectivity index (χ4n) is 4.46. The first kappa shape index (κ1) is 37.4. The lowest BCUT2D eigenvalue weighted by Crippen LogP contribution is -2.45. The van der Waals surface area contributed by atoms with Crippen LogP contribution in [0.2, 0.25) is 0 Å². The smallest absolute Gasteiger partial charge is 0.220 e. The zero-order chi connectivity index (χ0) is 28.7. The van der Waals surface area contributed by atoms with Crippen molar-refractivity contribution in [2.24, 2.45) is 0 Å². The summed E-state index contributed by atoms with van der Waals surface area (Å²) < 4.78 is 0. The van der Waals surface area contributed by atoms with Crippen molar-refractivity contribution in [3.63, 3.8) is 0 Å². The van der Waals surface area contributed by atoms with Crippen LogP contribution in [0.25, 0.3) is 0 Å². The van der Waals surface area contributed by atoms with Crippen LogP contribution in [0.1, 0.15) is 149 Å². The summed E-state index contributed by atoms with van der Waals surface area (Å²) in [5, 5.41) is 22.7. The Labute approximate surface area is 242 Å². The highest BCUT2D eigenvalue weighted by atomic mass is 16.3. The average molecular weight is 546 g/mol. The molecule has 0 heterocycles. The van der Waals surface area contributed by atoms with Crippen LogP contribution in [-0.4, -0.2) is 34.9 Å². The molecular formula is C35H63NO3.